The van der Waals surface area contributed by atoms with Crippen molar-refractivity contribution in [3.8, 4) is 0 Å². The van der Waals surface area contributed by atoms with E-state index >= 15 is 0 Å². The van der Waals surface area contributed by atoms with Gasteiger partial charge in [0.05, 0.1) is 5.48 Å². The number of hydrogen-bond acceptors (Lipinski definition) is 3. The van der Waals surface area contributed by atoms with Gasteiger partial charge in [-0.05, 0) is 84.3 Å². The molecule has 2 saturated carbocycles. The van der Waals surface area contributed by atoms with Gasteiger partial charge in [-0.1, -0.05) is 44.5 Å². The number of nitrogens with zero attached hydrogens (tertiary/aromatic N) is 1. The largest absolute Gasteiger partial charge is 0.462 e. The minimum Gasteiger partial charge on any atom is -0.462 e. The van der Waals surface area contributed by atoms with E-state index in [2.05, 4.69) is 31.0 Å². The molecular weight excluding hydrogens is 370 g/mol. The fraction of sp³-hybridized carbons (Fsp3) is 0.630. The van der Waals surface area contributed by atoms with Crippen LogP contribution < -0.4 is 0 Å². The number of pyridine rings is 1. The molecule has 0 radical (unpaired) electrons. The van der Waals surface area contributed by atoms with Crippen LogP contribution in [0, 0.1) is 28.6 Å². The van der Waals surface area contributed by atoms with Crippen molar-refractivity contribution in [1.29, 1.82) is 0 Å². The molecule has 2 fully saturated rings. The summed E-state index contributed by atoms with van der Waals surface area (Å²) in [5, 5.41) is 0. The fourth-order valence-corrected chi connectivity index (χ4v) is 7.31. The second-order valence-corrected chi connectivity index (χ2v) is 10.2. The van der Waals surface area contributed by atoms with Crippen LogP contribution >= 0.6 is 0 Å². The number of ether oxygens (including phenoxy) is 1. The molecule has 0 unspecified atom stereocenters. The van der Waals surface area contributed by atoms with E-state index in [1.807, 2.05) is 6.92 Å². The lowest BCUT2D eigenvalue weighted by molar-refractivity contribution is -0.150. The van der Waals surface area contributed by atoms with Gasteiger partial charge in [0.1, 0.15) is 6.10 Å². The second kappa shape index (κ2) is 7.35. The van der Waals surface area contributed by atoms with E-state index in [1.165, 1.54) is 5.57 Å². The molecule has 3 nitrogen and oxygen atoms in total. The van der Waals surface area contributed by atoms with Crippen LogP contribution in [0.25, 0.3) is 5.57 Å². The van der Waals surface area contributed by atoms with E-state index in [9.17, 15) is 4.79 Å². The van der Waals surface area contributed by atoms with Crippen molar-refractivity contribution >= 4 is 11.5 Å². The lowest BCUT2D eigenvalue weighted by Crippen LogP contribution is -2.50. The highest BCUT2D eigenvalue weighted by Crippen LogP contribution is 2.66. The SMILES string of the molecule is [2H]c1nc([2H])c(C2=CC[C@H]3[C@@H]4CC=C5C[C@@H](OC(=O)CC)CC[C@]5(C)[C@H]4CC[C@]23C)c([2H])c1[2H]. The monoisotopic (exact) mass is 409 g/mol. The number of carbonyl (C=O) groups excluding carboxylic acids is 1. The van der Waals surface area contributed by atoms with Gasteiger partial charge in [0.25, 0.3) is 0 Å². The third kappa shape index (κ3) is 2.99. The molecule has 30 heavy (non-hydrogen) atoms. The van der Waals surface area contributed by atoms with E-state index in [4.69, 9.17) is 10.2 Å². The highest BCUT2D eigenvalue weighted by atomic mass is 16.5. The van der Waals surface area contributed by atoms with Gasteiger partial charge >= 0.3 is 5.97 Å². The van der Waals surface area contributed by atoms with Crippen LogP contribution in [0.15, 0.2) is 42.2 Å². The van der Waals surface area contributed by atoms with Gasteiger partial charge in [-0.2, -0.15) is 0 Å². The fourth-order valence-electron chi connectivity index (χ4n) is 7.31. The number of hydrogen-bond donors (Lipinski definition) is 0. The molecule has 0 amide bonds. The third-order valence-electron chi connectivity index (χ3n) is 8.96. The molecule has 0 aromatic carbocycles. The molecule has 4 aliphatic carbocycles. The number of allylic oxidation sites excluding steroid dienone is 3. The number of fused-ring (bicyclic) bond motifs is 5. The van der Waals surface area contributed by atoms with Crippen molar-refractivity contribution in [3.05, 3.63) is 47.7 Å². The smallest absolute Gasteiger partial charge is 0.305 e. The van der Waals surface area contributed by atoms with E-state index in [1.54, 1.807) is 0 Å². The van der Waals surface area contributed by atoms with Crippen molar-refractivity contribution in [2.45, 2.75) is 78.2 Å². The summed E-state index contributed by atoms with van der Waals surface area (Å²) >= 11 is 0. The van der Waals surface area contributed by atoms with Crippen molar-refractivity contribution in [2.24, 2.45) is 28.6 Å². The Balaban J connectivity index is 1.43. The van der Waals surface area contributed by atoms with E-state index in [-0.39, 0.29) is 47.3 Å². The average molecular weight is 410 g/mol. The second-order valence-electron chi connectivity index (χ2n) is 10.2. The maximum atomic E-state index is 11.8. The summed E-state index contributed by atoms with van der Waals surface area (Å²) in [7, 11) is 0. The first kappa shape index (κ1) is 15.8. The molecular formula is C27H35NO2. The molecule has 0 spiro atoms. The molecule has 0 bridgehead atoms. The molecule has 1 aromatic rings. The van der Waals surface area contributed by atoms with Gasteiger partial charge in [-0.3, -0.25) is 9.78 Å². The normalized spacial score (nSPS) is 41.7. The van der Waals surface area contributed by atoms with Gasteiger partial charge in [-0.25, -0.2) is 0 Å². The molecule has 5 rings (SSSR count). The molecule has 4 aliphatic rings. The van der Waals surface area contributed by atoms with Crippen LogP contribution in [-0.2, 0) is 9.53 Å². The highest BCUT2D eigenvalue weighted by Gasteiger charge is 2.57. The summed E-state index contributed by atoms with van der Waals surface area (Å²) in [6.07, 6.45) is 11.6. The van der Waals surface area contributed by atoms with Crippen molar-refractivity contribution in [2.75, 3.05) is 0 Å². The predicted molar refractivity (Wildman–Crippen MR) is 119 cm³/mol. The van der Waals surface area contributed by atoms with Crippen LogP contribution in [0.1, 0.15) is 83.2 Å². The summed E-state index contributed by atoms with van der Waals surface area (Å²) < 4.78 is 38.5. The topological polar surface area (TPSA) is 39.2 Å². The number of carbonyl (C=O) groups is 1. The zero-order valence-electron chi connectivity index (χ0n) is 22.4. The van der Waals surface area contributed by atoms with Crippen LogP contribution in [0.5, 0.6) is 0 Å². The van der Waals surface area contributed by atoms with Gasteiger partial charge in [0, 0.05) is 25.2 Å². The predicted octanol–water partition coefficient (Wildman–Crippen LogP) is 6.36. The molecule has 3 heteroatoms. The minimum atomic E-state index is -0.291. The van der Waals surface area contributed by atoms with Gasteiger partial charge in [-0.15, -0.1) is 0 Å². The van der Waals surface area contributed by atoms with E-state index < -0.39 is 0 Å². The minimum absolute atomic E-state index is 0.00876. The Morgan fingerprint density at radius 2 is 2.03 bits per heavy atom. The molecule has 0 N–H and O–H groups in total. The van der Waals surface area contributed by atoms with Gasteiger partial charge < -0.3 is 4.74 Å². The number of rotatable bonds is 3. The zero-order valence-corrected chi connectivity index (χ0v) is 18.4. The van der Waals surface area contributed by atoms with Crippen LogP contribution in [0.4, 0.5) is 0 Å². The molecule has 1 aromatic heterocycles. The summed E-state index contributed by atoms with van der Waals surface area (Å²) in [4.78, 5) is 15.8. The summed E-state index contributed by atoms with van der Waals surface area (Å²) in [6.45, 7) is 6.55. The Kier molecular flexibility index (Phi) is 3.88. The maximum absolute atomic E-state index is 11.8. The Morgan fingerprint density at radius 1 is 1.20 bits per heavy atom. The molecule has 0 aliphatic heterocycles. The van der Waals surface area contributed by atoms with Crippen molar-refractivity contribution in [1.82, 2.24) is 4.98 Å². The van der Waals surface area contributed by atoms with Crippen molar-refractivity contribution in [3.63, 3.8) is 0 Å². The molecule has 1 heterocycles. The molecule has 6 atom stereocenters. The first-order chi connectivity index (χ1) is 16.1. The number of aromatic nitrogens is 1. The van der Waals surface area contributed by atoms with Gasteiger partial charge in [0.2, 0.25) is 0 Å². The summed E-state index contributed by atoms with van der Waals surface area (Å²) in [5.41, 5.74) is 2.94. The lowest BCUT2D eigenvalue weighted by Gasteiger charge is -2.57. The van der Waals surface area contributed by atoms with Crippen LogP contribution in [-0.4, -0.2) is 17.1 Å². The Labute approximate surface area is 186 Å². The molecule has 160 valence electrons. The summed E-state index contributed by atoms with van der Waals surface area (Å²) in [6, 6.07) is -0.219. The Hall–Kier alpha value is -1.90. The average Bonchev–Trinajstić information content (AvgIpc) is 3.14. The molecule has 0 saturated heterocycles. The quantitative estimate of drug-likeness (QED) is 0.431. The third-order valence-corrected chi connectivity index (χ3v) is 8.96. The maximum Gasteiger partial charge on any atom is 0.305 e. The Bertz CT molecular complexity index is 1100. The van der Waals surface area contributed by atoms with E-state index in [0.29, 0.717) is 29.7 Å². The first-order valence-corrected chi connectivity index (χ1v) is 11.6. The van der Waals surface area contributed by atoms with Gasteiger partial charge in [0.15, 0.2) is 0 Å². The summed E-state index contributed by atoms with van der Waals surface area (Å²) in [5.74, 6) is 1.47. The van der Waals surface area contributed by atoms with E-state index in [0.717, 1.165) is 50.5 Å². The number of esters is 1. The van der Waals surface area contributed by atoms with Crippen molar-refractivity contribution < 1.29 is 15.0 Å². The Morgan fingerprint density at radius 3 is 2.87 bits per heavy atom. The zero-order chi connectivity index (χ0) is 24.4. The van der Waals surface area contributed by atoms with Crippen LogP contribution in [0.3, 0.4) is 0 Å². The van der Waals surface area contributed by atoms with Crippen LogP contribution in [0.2, 0.25) is 0 Å². The lowest BCUT2D eigenvalue weighted by atomic mass is 9.47. The first-order valence-electron chi connectivity index (χ1n) is 13.6. The highest BCUT2D eigenvalue weighted by molar-refractivity contribution is 5.72. The standard InChI is InChI=1S/C27H35NO2/c1-4-25(29)30-20-11-13-26(2)19(16-20)7-8-21-23-10-9-22(18-6-5-15-28-17-18)27(23,3)14-12-24(21)26/h5-7,9,15,17,20-21,23-24H,4,8,10-14,16H2,1-3H3/t20-,21-,23-,24-,26-,27+/m0/s1/i5D,6D,15D,17D.